The number of hydrogen-bond donors (Lipinski definition) is 1. The van der Waals surface area contributed by atoms with Crippen LogP contribution in [0.5, 0.6) is 0 Å². The molecule has 1 saturated heterocycles. The first-order chi connectivity index (χ1) is 8.07. The number of ketones is 1. The van der Waals surface area contributed by atoms with Gasteiger partial charge in [0.15, 0.2) is 15.6 Å². The van der Waals surface area contributed by atoms with Crippen LogP contribution >= 0.6 is 23.7 Å². The number of nitrogens with one attached hydrogen (secondary N) is 1. The Hall–Kier alpha value is -0.430. The maximum absolute atomic E-state index is 12.6. The van der Waals surface area contributed by atoms with Gasteiger partial charge in [0.25, 0.3) is 0 Å². The Morgan fingerprint density at radius 2 is 1.94 bits per heavy atom. The van der Waals surface area contributed by atoms with Gasteiger partial charge in [-0.3, -0.25) is 4.79 Å². The second kappa shape index (κ2) is 4.59. The van der Waals surface area contributed by atoms with Gasteiger partial charge in [0, 0.05) is 12.0 Å². The minimum absolute atomic E-state index is 0. The molecule has 0 unspecified atom stereocenters. The lowest BCUT2D eigenvalue weighted by Gasteiger charge is -2.38. The number of halogens is 1. The highest BCUT2D eigenvalue weighted by molar-refractivity contribution is 7.95. The first-order valence-electron chi connectivity index (χ1n) is 5.63. The zero-order valence-electron chi connectivity index (χ0n) is 9.64. The standard InChI is InChI=1S/C11H13NO3S2.ClH/c13-9-7-11(2-4-12-5-3-11)17(14,15)10-8(9)1-6-16-10;/h1,6,12H,2-5,7H2;1H. The molecule has 1 aromatic heterocycles. The minimum atomic E-state index is -3.34. The molecule has 0 atom stereocenters. The van der Waals surface area contributed by atoms with Crippen molar-refractivity contribution in [1.29, 1.82) is 0 Å². The zero-order chi connectivity index (χ0) is 12.1. The normalized spacial score (nSPS) is 24.3. The van der Waals surface area contributed by atoms with Gasteiger partial charge in [0.2, 0.25) is 0 Å². The highest BCUT2D eigenvalue weighted by Gasteiger charge is 2.52. The summed E-state index contributed by atoms with van der Waals surface area (Å²) in [5.74, 6) is -0.0158. The molecule has 0 aliphatic carbocycles. The Labute approximate surface area is 116 Å². The van der Waals surface area contributed by atoms with Crippen molar-refractivity contribution in [2.45, 2.75) is 28.2 Å². The van der Waals surface area contributed by atoms with Crippen LogP contribution in [0.4, 0.5) is 0 Å². The first-order valence-corrected chi connectivity index (χ1v) is 7.99. The molecular weight excluding hydrogens is 294 g/mol. The van der Waals surface area contributed by atoms with Crippen molar-refractivity contribution in [2.75, 3.05) is 13.1 Å². The van der Waals surface area contributed by atoms with E-state index in [1.165, 1.54) is 11.3 Å². The van der Waals surface area contributed by atoms with Crippen LogP contribution in [0.3, 0.4) is 0 Å². The van der Waals surface area contributed by atoms with Gasteiger partial charge >= 0.3 is 0 Å². The highest BCUT2D eigenvalue weighted by Crippen LogP contribution is 2.44. The second-order valence-electron chi connectivity index (χ2n) is 4.66. The highest BCUT2D eigenvalue weighted by atomic mass is 35.5. The summed E-state index contributed by atoms with van der Waals surface area (Å²) in [7, 11) is -3.34. The van der Waals surface area contributed by atoms with Crippen LogP contribution < -0.4 is 5.32 Å². The van der Waals surface area contributed by atoms with E-state index in [9.17, 15) is 13.2 Å². The monoisotopic (exact) mass is 307 g/mol. The van der Waals surface area contributed by atoms with Crippen molar-refractivity contribution in [1.82, 2.24) is 5.32 Å². The van der Waals surface area contributed by atoms with Gasteiger partial charge < -0.3 is 5.32 Å². The summed E-state index contributed by atoms with van der Waals surface area (Å²) in [4.78, 5) is 12.0. The summed E-state index contributed by atoms with van der Waals surface area (Å²) in [6.07, 6.45) is 1.23. The Balaban J connectivity index is 0.00000120. The zero-order valence-corrected chi connectivity index (χ0v) is 12.1. The van der Waals surface area contributed by atoms with E-state index < -0.39 is 14.6 Å². The second-order valence-corrected chi connectivity index (χ2v) is 8.11. The predicted molar refractivity (Wildman–Crippen MR) is 72.5 cm³/mol. The van der Waals surface area contributed by atoms with E-state index in [0.717, 1.165) is 0 Å². The van der Waals surface area contributed by atoms with Gasteiger partial charge in [0.1, 0.15) is 4.21 Å². The lowest BCUT2D eigenvalue weighted by atomic mass is 9.89. The van der Waals surface area contributed by atoms with Gasteiger partial charge in [-0.05, 0) is 37.4 Å². The largest absolute Gasteiger partial charge is 0.317 e. The maximum atomic E-state index is 12.6. The molecular formula is C11H14ClNO3S2. The Morgan fingerprint density at radius 1 is 1.28 bits per heavy atom. The van der Waals surface area contributed by atoms with Gasteiger partial charge in [-0.1, -0.05) is 0 Å². The third-order valence-electron chi connectivity index (χ3n) is 3.74. The molecule has 0 radical (unpaired) electrons. The summed E-state index contributed by atoms with van der Waals surface area (Å²) < 4.78 is 24.7. The molecule has 2 aliphatic rings. The van der Waals surface area contributed by atoms with E-state index >= 15 is 0 Å². The van der Waals surface area contributed by atoms with Crippen LogP contribution in [0, 0.1) is 0 Å². The van der Waals surface area contributed by atoms with Crippen molar-refractivity contribution in [3.8, 4) is 0 Å². The molecule has 1 spiro atoms. The van der Waals surface area contributed by atoms with Crippen LogP contribution in [0.25, 0.3) is 0 Å². The molecule has 1 aromatic rings. The van der Waals surface area contributed by atoms with Crippen LogP contribution in [-0.2, 0) is 9.84 Å². The minimum Gasteiger partial charge on any atom is -0.317 e. The van der Waals surface area contributed by atoms with E-state index in [1.54, 1.807) is 11.4 Å². The molecule has 18 heavy (non-hydrogen) atoms. The molecule has 1 N–H and O–H groups in total. The molecule has 100 valence electrons. The lowest BCUT2D eigenvalue weighted by Crippen LogP contribution is -2.51. The molecule has 1 fully saturated rings. The fourth-order valence-electron chi connectivity index (χ4n) is 2.72. The third-order valence-corrected chi connectivity index (χ3v) is 7.80. The molecule has 0 amide bonds. The third kappa shape index (κ3) is 1.74. The van der Waals surface area contributed by atoms with E-state index in [-0.39, 0.29) is 28.8 Å². The number of Topliss-reactive ketones (excluding diaryl/α,β-unsaturated/α-hetero) is 1. The smallest absolute Gasteiger partial charge is 0.194 e. The van der Waals surface area contributed by atoms with Crippen LogP contribution in [0.1, 0.15) is 29.6 Å². The summed E-state index contributed by atoms with van der Waals surface area (Å²) in [5, 5.41) is 4.85. The first kappa shape index (κ1) is 14.0. The number of sulfone groups is 1. The van der Waals surface area contributed by atoms with Gasteiger partial charge in [-0.25, -0.2) is 8.42 Å². The molecule has 7 heteroatoms. The van der Waals surface area contributed by atoms with Crippen LogP contribution in [0.15, 0.2) is 15.7 Å². The lowest BCUT2D eigenvalue weighted by molar-refractivity contribution is 0.0951. The topological polar surface area (TPSA) is 63.2 Å². The summed E-state index contributed by atoms with van der Waals surface area (Å²) >= 11 is 1.17. The summed E-state index contributed by atoms with van der Waals surface area (Å²) in [6, 6.07) is 1.63. The van der Waals surface area contributed by atoms with Gasteiger partial charge in [-0.2, -0.15) is 0 Å². The van der Waals surface area contributed by atoms with Crippen molar-refractivity contribution in [3.63, 3.8) is 0 Å². The number of piperidine rings is 1. The number of carbonyl (C=O) groups excluding carboxylic acids is 1. The van der Waals surface area contributed by atoms with Crippen molar-refractivity contribution in [3.05, 3.63) is 17.0 Å². The van der Waals surface area contributed by atoms with E-state index in [1.807, 2.05) is 0 Å². The van der Waals surface area contributed by atoms with Crippen molar-refractivity contribution >= 4 is 39.4 Å². The molecule has 2 aliphatic heterocycles. The average Bonchev–Trinajstić information content (AvgIpc) is 2.78. The van der Waals surface area contributed by atoms with Crippen molar-refractivity contribution < 1.29 is 13.2 Å². The fraction of sp³-hybridized carbons (Fsp3) is 0.545. The van der Waals surface area contributed by atoms with Crippen molar-refractivity contribution in [2.24, 2.45) is 0 Å². The molecule has 3 rings (SSSR count). The molecule has 3 heterocycles. The number of carbonyl (C=O) groups is 1. The molecule has 0 saturated carbocycles. The quantitative estimate of drug-likeness (QED) is 0.791. The predicted octanol–water partition coefficient (Wildman–Crippen LogP) is 1.65. The van der Waals surface area contributed by atoms with Crippen LogP contribution in [0.2, 0.25) is 0 Å². The number of thiophene rings is 1. The fourth-order valence-corrected chi connectivity index (χ4v) is 6.49. The average molecular weight is 308 g/mol. The van der Waals surface area contributed by atoms with Gasteiger partial charge in [-0.15, -0.1) is 23.7 Å². The maximum Gasteiger partial charge on any atom is 0.194 e. The van der Waals surface area contributed by atoms with Crippen LogP contribution in [-0.4, -0.2) is 32.0 Å². The molecule has 0 bridgehead atoms. The van der Waals surface area contributed by atoms with E-state index in [0.29, 0.717) is 31.5 Å². The SMILES string of the molecule is Cl.O=C1CC2(CCNCC2)S(=O)(=O)c2sccc21. The van der Waals surface area contributed by atoms with E-state index in [4.69, 9.17) is 0 Å². The van der Waals surface area contributed by atoms with Gasteiger partial charge in [0.05, 0.1) is 4.75 Å². The Kier molecular flexibility index (Phi) is 3.57. The Morgan fingerprint density at radius 3 is 2.61 bits per heavy atom. The summed E-state index contributed by atoms with van der Waals surface area (Å²) in [6.45, 7) is 1.35. The summed E-state index contributed by atoms with van der Waals surface area (Å²) in [5.41, 5.74) is 0.402. The number of fused-ring (bicyclic) bond motifs is 1. The van der Waals surface area contributed by atoms with E-state index in [2.05, 4.69) is 5.32 Å². The molecule has 4 nitrogen and oxygen atoms in total. The number of hydrogen-bond acceptors (Lipinski definition) is 5. The number of rotatable bonds is 0. The molecule has 0 aromatic carbocycles. The Bertz CT molecular complexity index is 573.